The van der Waals surface area contributed by atoms with E-state index in [1.165, 1.54) is 0 Å². The van der Waals surface area contributed by atoms with Crippen molar-refractivity contribution in [1.29, 1.82) is 0 Å². The zero-order valence-electron chi connectivity index (χ0n) is 8.50. The van der Waals surface area contributed by atoms with Gasteiger partial charge in [-0.3, -0.25) is 10.1 Å². The minimum Gasteiger partial charge on any atom is -0.378 e. The number of aromatic nitrogens is 1. The molecular formula is C9H13N3O2. The van der Waals surface area contributed by atoms with Crippen molar-refractivity contribution < 1.29 is 4.92 Å². The van der Waals surface area contributed by atoms with E-state index in [0.29, 0.717) is 5.56 Å². The van der Waals surface area contributed by atoms with Crippen LogP contribution >= 0.6 is 0 Å². The molecule has 2 N–H and O–H groups in total. The molecule has 1 rings (SSSR count). The number of rotatable bonds is 2. The molecule has 0 saturated heterocycles. The maximum Gasteiger partial charge on any atom is 0.314 e. The highest BCUT2D eigenvalue weighted by Crippen LogP contribution is 2.28. The number of aryl methyl sites for hydroxylation is 1. The lowest BCUT2D eigenvalue weighted by molar-refractivity contribution is -0.384. The van der Waals surface area contributed by atoms with Gasteiger partial charge in [0, 0.05) is 11.3 Å². The molecule has 5 heteroatoms. The third-order valence-electron chi connectivity index (χ3n) is 2.31. The van der Waals surface area contributed by atoms with Crippen LogP contribution in [0.3, 0.4) is 0 Å². The summed E-state index contributed by atoms with van der Waals surface area (Å²) < 4.78 is 0. The van der Waals surface area contributed by atoms with Crippen LogP contribution in [0, 0.1) is 24.0 Å². The highest BCUT2D eigenvalue weighted by molar-refractivity contribution is 5.60. The zero-order valence-corrected chi connectivity index (χ0v) is 8.50. The highest BCUT2D eigenvalue weighted by atomic mass is 16.6. The molecule has 0 aliphatic carbocycles. The lowest BCUT2D eigenvalue weighted by Gasteiger charge is -2.08. The van der Waals surface area contributed by atoms with Crippen molar-refractivity contribution in [1.82, 2.24) is 4.98 Å². The van der Waals surface area contributed by atoms with E-state index in [9.17, 15) is 10.1 Å². The second-order valence-corrected chi connectivity index (χ2v) is 3.15. The lowest BCUT2D eigenvalue weighted by atomic mass is 10.0. The molecule has 0 amide bonds. The predicted molar refractivity (Wildman–Crippen MR) is 54.2 cm³/mol. The van der Waals surface area contributed by atoms with Crippen LogP contribution in [0.15, 0.2) is 0 Å². The molecule has 0 spiro atoms. The van der Waals surface area contributed by atoms with Crippen LogP contribution in [0.25, 0.3) is 0 Å². The fourth-order valence-corrected chi connectivity index (χ4v) is 1.66. The number of hydrogen-bond donors (Lipinski definition) is 1. The van der Waals surface area contributed by atoms with Crippen molar-refractivity contribution in [2.24, 2.45) is 0 Å². The zero-order chi connectivity index (χ0) is 10.9. The van der Waals surface area contributed by atoms with Crippen molar-refractivity contribution in [2.45, 2.75) is 27.2 Å². The van der Waals surface area contributed by atoms with E-state index < -0.39 is 4.92 Å². The topological polar surface area (TPSA) is 82.0 Å². The quantitative estimate of drug-likeness (QED) is 0.575. The van der Waals surface area contributed by atoms with Crippen LogP contribution in [0.2, 0.25) is 0 Å². The van der Waals surface area contributed by atoms with Gasteiger partial charge < -0.3 is 5.73 Å². The summed E-state index contributed by atoms with van der Waals surface area (Å²) >= 11 is 0. The van der Waals surface area contributed by atoms with Crippen LogP contribution in [0.4, 0.5) is 11.5 Å². The molecule has 0 unspecified atom stereocenters. The maximum absolute atomic E-state index is 10.7. The Morgan fingerprint density at radius 2 is 2.07 bits per heavy atom. The van der Waals surface area contributed by atoms with E-state index in [-0.39, 0.29) is 11.5 Å². The summed E-state index contributed by atoms with van der Waals surface area (Å²) in [7, 11) is 0. The summed E-state index contributed by atoms with van der Waals surface area (Å²) in [6.45, 7) is 5.46. The van der Waals surface area contributed by atoms with Gasteiger partial charge in [0.15, 0.2) is 0 Å². The number of nitrogens with two attached hydrogens (primary N) is 1. The maximum atomic E-state index is 10.7. The smallest absolute Gasteiger partial charge is 0.314 e. The van der Waals surface area contributed by atoms with Gasteiger partial charge in [-0.1, -0.05) is 6.92 Å². The van der Waals surface area contributed by atoms with Gasteiger partial charge in [-0.15, -0.1) is 0 Å². The van der Waals surface area contributed by atoms with Gasteiger partial charge in [0.1, 0.15) is 0 Å². The lowest BCUT2D eigenvalue weighted by Crippen LogP contribution is -2.06. The molecule has 0 fully saturated rings. The molecule has 1 aromatic rings. The Bertz CT molecular complexity index is 388. The molecule has 0 aliphatic heterocycles. The Labute approximate surface area is 82.1 Å². The van der Waals surface area contributed by atoms with Crippen LogP contribution in [-0.2, 0) is 6.42 Å². The first-order valence-corrected chi connectivity index (χ1v) is 4.39. The van der Waals surface area contributed by atoms with Crippen molar-refractivity contribution in [3.05, 3.63) is 26.9 Å². The first-order chi connectivity index (χ1) is 6.49. The number of hydrogen-bond acceptors (Lipinski definition) is 4. The number of pyridine rings is 1. The van der Waals surface area contributed by atoms with E-state index >= 15 is 0 Å². The molecule has 0 saturated carbocycles. The summed E-state index contributed by atoms with van der Waals surface area (Å²) in [5.74, 6) is 0.00204. The minimum atomic E-state index is -0.476. The summed E-state index contributed by atoms with van der Waals surface area (Å²) in [4.78, 5) is 14.2. The molecule has 0 atom stereocenters. The van der Waals surface area contributed by atoms with Crippen LogP contribution < -0.4 is 5.73 Å². The predicted octanol–water partition coefficient (Wildman–Crippen LogP) is 1.75. The second-order valence-electron chi connectivity index (χ2n) is 3.15. The van der Waals surface area contributed by atoms with Gasteiger partial charge in [0.25, 0.3) is 0 Å². The minimum absolute atomic E-state index is 0.00204. The third kappa shape index (κ3) is 1.53. The van der Waals surface area contributed by atoms with E-state index in [1.54, 1.807) is 6.92 Å². The van der Waals surface area contributed by atoms with E-state index in [1.807, 2.05) is 13.8 Å². The number of nitrogens with zero attached hydrogens (tertiary/aromatic N) is 2. The largest absolute Gasteiger partial charge is 0.378 e. The van der Waals surface area contributed by atoms with Gasteiger partial charge >= 0.3 is 5.69 Å². The van der Waals surface area contributed by atoms with Crippen LogP contribution in [0.1, 0.15) is 23.7 Å². The molecule has 5 nitrogen and oxygen atoms in total. The Hall–Kier alpha value is -1.65. The third-order valence-corrected chi connectivity index (χ3v) is 2.31. The number of nitro groups is 1. The van der Waals surface area contributed by atoms with E-state index in [4.69, 9.17) is 5.73 Å². The average Bonchev–Trinajstić information content (AvgIpc) is 2.02. The van der Waals surface area contributed by atoms with E-state index in [2.05, 4.69) is 4.98 Å². The van der Waals surface area contributed by atoms with E-state index in [0.717, 1.165) is 17.7 Å². The molecular weight excluding hydrogens is 182 g/mol. The Balaban J connectivity index is 3.52. The standard InChI is InChI=1S/C9H13N3O2/c1-4-7-5(2)8(12(13)14)9(10)11-6(7)3/h4H2,1-3H3,(H2,10,11). The molecule has 1 heterocycles. The molecule has 0 radical (unpaired) electrons. The van der Waals surface area contributed by atoms with Gasteiger partial charge in [0.2, 0.25) is 5.82 Å². The molecule has 14 heavy (non-hydrogen) atoms. The summed E-state index contributed by atoms with van der Waals surface area (Å²) in [5, 5.41) is 10.7. The molecule has 0 aliphatic rings. The summed E-state index contributed by atoms with van der Waals surface area (Å²) in [6.07, 6.45) is 0.728. The summed E-state index contributed by atoms with van der Waals surface area (Å²) in [6, 6.07) is 0. The molecule has 76 valence electrons. The molecule has 0 aromatic carbocycles. The summed E-state index contributed by atoms with van der Waals surface area (Å²) in [5.41, 5.74) is 7.74. The molecule has 0 bridgehead atoms. The normalized spacial score (nSPS) is 10.2. The number of nitrogen functional groups attached to an aromatic ring is 1. The Morgan fingerprint density at radius 1 is 1.50 bits per heavy atom. The van der Waals surface area contributed by atoms with Gasteiger partial charge in [-0.2, -0.15) is 0 Å². The van der Waals surface area contributed by atoms with Crippen LogP contribution in [0.5, 0.6) is 0 Å². The average molecular weight is 195 g/mol. The van der Waals surface area contributed by atoms with Crippen molar-refractivity contribution in [3.63, 3.8) is 0 Å². The van der Waals surface area contributed by atoms with Gasteiger partial charge in [-0.05, 0) is 25.8 Å². The van der Waals surface area contributed by atoms with Crippen molar-refractivity contribution in [2.75, 3.05) is 5.73 Å². The fraction of sp³-hybridized carbons (Fsp3) is 0.444. The van der Waals surface area contributed by atoms with Crippen molar-refractivity contribution >= 4 is 11.5 Å². The first-order valence-electron chi connectivity index (χ1n) is 4.39. The Morgan fingerprint density at radius 3 is 2.50 bits per heavy atom. The van der Waals surface area contributed by atoms with Crippen LogP contribution in [-0.4, -0.2) is 9.91 Å². The second kappa shape index (κ2) is 3.61. The van der Waals surface area contributed by atoms with Gasteiger partial charge in [-0.25, -0.2) is 4.98 Å². The number of anilines is 1. The van der Waals surface area contributed by atoms with Gasteiger partial charge in [0.05, 0.1) is 4.92 Å². The highest BCUT2D eigenvalue weighted by Gasteiger charge is 2.20. The molecule has 1 aromatic heterocycles. The Kier molecular flexibility index (Phi) is 2.69. The SMILES string of the molecule is CCc1c(C)nc(N)c([N+](=O)[O-])c1C. The monoisotopic (exact) mass is 195 g/mol. The first kappa shape index (κ1) is 10.4. The van der Waals surface area contributed by atoms with Crippen molar-refractivity contribution in [3.8, 4) is 0 Å². The fourth-order valence-electron chi connectivity index (χ4n) is 1.66.